The fourth-order valence-electron chi connectivity index (χ4n) is 1.87. The first-order valence-electron chi connectivity index (χ1n) is 6.69. The third-order valence-electron chi connectivity index (χ3n) is 2.99. The van der Waals surface area contributed by atoms with Crippen LogP contribution in [-0.4, -0.2) is 53.2 Å². The molecule has 0 aliphatic heterocycles. The first-order valence-corrected chi connectivity index (χ1v) is 8.66. The molecule has 7 heteroatoms. The zero-order valence-electron chi connectivity index (χ0n) is 12.4. The number of methoxy groups -OCH3 is 2. The molecule has 0 fully saturated rings. The summed E-state index contributed by atoms with van der Waals surface area (Å²) in [6, 6.07) is 6.70. The molecule has 120 valence electrons. The van der Waals surface area contributed by atoms with Crippen molar-refractivity contribution in [2.24, 2.45) is 0 Å². The van der Waals surface area contributed by atoms with Gasteiger partial charge < -0.3 is 9.47 Å². The molecule has 0 unspecified atom stereocenters. The third-order valence-corrected chi connectivity index (χ3v) is 5.19. The van der Waals surface area contributed by atoms with Gasteiger partial charge >= 0.3 is 0 Å². The Morgan fingerprint density at radius 1 is 1.14 bits per heavy atom. The molecule has 0 saturated carbocycles. The van der Waals surface area contributed by atoms with Gasteiger partial charge in [-0.25, -0.2) is 8.42 Å². The maximum absolute atomic E-state index is 12.7. The number of nitrogens with zero attached hydrogens (tertiary/aromatic N) is 1. The van der Waals surface area contributed by atoms with Crippen LogP contribution in [0.4, 0.5) is 0 Å². The van der Waals surface area contributed by atoms with Gasteiger partial charge in [0, 0.05) is 39.8 Å². The fourth-order valence-corrected chi connectivity index (χ4v) is 3.57. The maximum atomic E-state index is 12.7. The molecule has 0 spiro atoms. The molecular formula is C14H22ClNO4S. The summed E-state index contributed by atoms with van der Waals surface area (Å²) in [5, 5.41) is 0. The molecule has 0 atom stereocenters. The van der Waals surface area contributed by atoms with E-state index < -0.39 is 10.0 Å². The average molecular weight is 336 g/mol. The van der Waals surface area contributed by atoms with Gasteiger partial charge in [0.2, 0.25) is 10.0 Å². The number of halogens is 1. The van der Waals surface area contributed by atoms with Crippen LogP contribution in [0.5, 0.6) is 0 Å². The van der Waals surface area contributed by atoms with E-state index in [-0.39, 0.29) is 10.8 Å². The second-order valence-corrected chi connectivity index (χ2v) is 6.73. The SMILES string of the molecule is COCCCN(CCOC)S(=O)(=O)c1cccc(CCl)c1. The quantitative estimate of drug-likeness (QED) is 0.485. The Morgan fingerprint density at radius 3 is 2.48 bits per heavy atom. The minimum Gasteiger partial charge on any atom is -0.385 e. The van der Waals surface area contributed by atoms with Gasteiger partial charge in [-0.15, -0.1) is 11.6 Å². The lowest BCUT2D eigenvalue weighted by atomic mass is 10.2. The van der Waals surface area contributed by atoms with Gasteiger partial charge in [-0.2, -0.15) is 4.31 Å². The van der Waals surface area contributed by atoms with Gasteiger partial charge in [-0.1, -0.05) is 12.1 Å². The van der Waals surface area contributed by atoms with Crippen LogP contribution < -0.4 is 0 Å². The Morgan fingerprint density at radius 2 is 1.86 bits per heavy atom. The second kappa shape index (κ2) is 9.38. The normalized spacial score (nSPS) is 12.0. The molecule has 21 heavy (non-hydrogen) atoms. The van der Waals surface area contributed by atoms with Gasteiger partial charge in [0.05, 0.1) is 11.5 Å². The Labute approximate surface area is 131 Å². The topological polar surface area (TPSA) is 55.8 Å². The van der Waals surface area contributed by atoms with Crippen molar-refractivity contribution in [2.45, 2.75) is 17.2 Å². The Bertz CT molecular complexity index is 521. The number of alkyl halides is 1. The van der Waals surface area contributed by atoms with E-state index in [1.165, 1.54) is 4.31 Å². The molecule has 0 radical (unpaired) electrons. The van der Waals surface area contributed by atoms with Crippen LogP contribution in [0, 0.1) is 0 Å². The summed E-state index contributed by atoms with van der Waals surface area (Å²) in [5.41, 5.74) is 0.779. The van der Waals surface area contributed by atoms with E-state index in [1.807, 2.05) is 0 Å². The molecule has 0 heterocycles. The highest BCUT2D eigenvalue weighted by atomic mass is 35.5. The van der Waals surface area contributed by atoms with Crippen molar-refractivity contribution in [2.75, 3.05) is 40.5 Å². The Balaban J connectivity index is 2.95. The highest BCUT2D eigenvalue weighted by molar-refractivity contribution is 7.89. The fraction of sp³-hybridized carbons (Fsp3) is 0.571. The number of hydrogen-bond donors (Lipinski definition) is 0. The largest absolute Gasteiger partial charge is 0.385 e. The van der Waals surface area contributed by atoms with Gasteiger partial charge in [0.25, 0.3) is 0 Å². The molecule has 5 nitrogen and oxygen atoms in total. The van der Waals surface area contributed by atoms with Crippen molar-refractivity contribution < 1.29 is 17.9 Å². The molecule has 0 aromatic heterocycles. The van der Waals surface area contributed by atoms with Crippen LogP contribution in [0.15, 0.2) is 29.2 Å². The Hall–Kier alpha value is -0.660. The van der Waals surface area contributed by atoms with Crippen molar-refractivity contribution in [3.8, 4) is 0 Å². The van der Waals surface area contributed by atoms with Crippen molar-refractivity contribution >= 4 is 21.6 Å². The predicted octanol–water partition coefficient (Wildman–Crippen LogP) is 2.10. The van der Waals surface area contributed by atoms with Crippen molar-refractivity contribution in [1.29, 1.82) is 0 Å². The van der Waals surface area contributed by atoms with Crippen molar-refractivity contribution in [1.82, 2.24) is 4.31 Å². The summed E-state index contributed by atoms with van der Waals surface area (Å²) in [5.74, 6) is 0.283. The van der Waals surface area contributed by atoms with Gasteiger partial charge in [-0.05, 0) is 24.1 Å². The minimum atomic E-state index is -3.55. The molecule has 0 aliphatic rings. The molecular weight excluding hydrogens is 314 g/mol. The summed E-state index contributed by atoms with van der Waals surface area (Å²) in [6.07, 6.45) is 0.634. The van der Waals surface area contributed by atoms with Crippen LogP contribution in [0.3, 0.4) is 0 Å². The number of rotatable bonds is 10. The van der Waals surface area contributed by atoms with E-state index in [2.05, 4.69) is 0 Å². The van der Waals surface area contributed by atoms with Crippen LogP contribution in [0.2, 0.25) is 0 Å². The summed E-state index contributed by atoms with van der Waals surface area (Å²) in [4.78, 5) is 0.258. The maximum Gasteiger partial charge on any atom is 0.243 e. The highest BCUT2D eigenvalue weighted by Gasteiger charge is 2.23. The summed E-state index contributed by atoms with van der Waals surface area (Å²) in [6.45, 7) is 1.57. The standard InChI is InChI=1S/C14H22ClNO4S/c1-19-9-4-7-16(8-10-20-2)21(17,18)14-6-3-5-13(11-14)12-15/h3,5-6,11H,4,7-10,12H2,1-2H3. The van der Waals surface area contributed by atoms with E-state index in [4.69, 9.17) is 21.1 Å². The number of benzene rings is 1. The lowest BCUT2D eigenvalue weighted by Gasteiger charge is -2.22. The van der Waals surface area contributed by atoms with Crippen LogP contribution in [-0.2, 0) is 25.4 Å². The van der Waals surface area contributed by atoms with Gasteiger partial charge in [-0.3, -0.25) is 0 Å². The molecule has 0 saturated heterocycles. The highest BCUT2D eigenvalue weighted by Crippen LogP contribution is 2.18. The lowest BCUT2D eigenvalue weighted by Crippen LogP contribution is -2.35. The predicted molar refractivity (Wildman–Crippen MR) is 83.1 cm³/mol. The van der Waals surface area contributed by atoms with E-state index in [0.717, 1.165) is 5.56 Å². The van der Waals surface area contributed by atoms with Crippen molar-refractivity contribution in [3.05, 3.63) is 29.8 Å². The van der Waals surface area contributed by atoms with Crippen molar-refractivity contribution in [3.63, 3.8) is 0 Å². The molecule has 0 bridgehead atoms. The molecule has 1 aromatic carbocycles. The van der Waals surface area contributed by atoms with E-state index in [9.17, 15) is 8.42 Å². The van der Waals surface area contributed by atoms with Crippen LogP contribution >= 0.6 is 11.6 Å². The smallest absolute Gasteiger partial charge is 0.243 e. The molecule has 1 rings (SSSR count). The number of sulfonamides is 1. The van der Waals surface area contributed by atoms with E-state index in [0.29, 0.717) is 32.7 Å². The number of ether oxygens (including phenoxy) is 2. The molecule has 0 aliphatic carbocycles. The lowest BCUT2D eigenvalue weighted by molar-refractivity contribution is 0.164. The van der Waals surface area contributed by atoms with Crippen LogP contribution in [0.25, 0.3) is 0 Å². The Kier molecular flexibility index (Phi) is 8.21. The van der Waals surface area contributed by atoms with E-state index in [1.54, 1.807) is 38.5 Å². The summed E-state index contributed by atoms with van der Waals surface area (Å²) in [7, 11) is -0.402. The zero-order valence-corrected chi connectivity index (χ0v) is 14.0. The zero-order chi connectivity index (χ0) is 15.7. The first-order chi connectivity index (χ1) is 10.1. The first kappa shape index (κ1) is 18.4. The minimum absolute atomic E-state index is 0.258. The summed E-state index contributed by atoms with van der Waals surface area (Å²) < 4.78 is 36.8. The molecule has 1 aromatic rings. The van der Waals surface area contributed by atoms with E-state index >= 15 is 0 Å². The third kappa shape index (κ3) is 5.56. The number of hydrogen-bond acceptors (Lipinski definition) is 4. The molecule has 0 amide bonds. The van der Waals surface area contributed by atoms with Gasteiger partial charge in [0.1, 0.15) is 0 Å². The summed E-state index contributed by atoms with van der Waals surface area (Å²) >= 11 is 5.77. The van der Waals surface area contributed by atoms with Crippen LogP contribution in [0.1, 0.15) is 12.0 Å². The molecule has 0 N–H and O–H groups in total. The average Bonchev–Trinajstić information content (AvgIpc) is 2.50. The monoisotopic (exact) mass is 335 g/mol. The van der Waals surface area contributed by atoms with Gasteiger partial charge in [0.15, 0.2) is 0 Å². The second-order valence-electron chi connectivity index (χ2n) is 4.52.